The first-order chi connectivity index (χ1) is 14.9. The second-order valence-corrected chi connectivity index (χ2v) is 9.22. The maximum atomic E-state index is 13.2. The van der Waals surface area contributed by atoms with Crippen LogP contribution in [-0.2, 0) is 4.79 Å². The summed E-state index contributed by atoms with van der Waals surface area (Å²) in [6.07, 6.45) is 4.10. The van der Waals surface area contributed by atoms with Gasteiger partial charge in [0.15, 0.2) is 10.9 Å². The number of benzene rings is 2. The fourth-order valence-electron chi connectivity index (χ4n) is 3.94. The number of nitrogens with zero attached hydrogens (tertiary/aromatic N) is 2. The summed E-state index contributed by atoms with van der Waals surface area (Å²) in [5.41, 5.74) is 1.84. The van der Waals surface area contributed by atoms with Crippen LogP contribution in [0.15, 0.2) is 58.5 Å². The molecule has 0 spiro atoms. The van der Waals surface area contributed by atoms with Crippen LogP contribution < -0.4 is 10.9 Å². The van der Waals surface area contributed by atoms with Gasteiger partial charge in [0.1, 0.15) is 0 Å². The molecule has 1 fully saturated rings. The summed E-state index contributed by atoms with van der Waals surface area (Å²) < 4.78 is 1.80. The van der Waals surface area contributed by atoms with Crippen molar-refractivity contribution in [2.45, 2.75) is 56.0 Å². The number of amides is 1. The van der Waals surface area contributed by atoms with E-state index in [2.05, 4.69) is 5.32 Å². The molecule has 1 heterocycles. The summed E-state index contributed by atoms with van der Waals surface area (Å²) >= 11 is 1.31. The van der Waals surface area contributed by atoms with Crippen molar-refractivity contribution in [2.24, 2.45) is 0 Å². The molecule has 31 heavy (non-hydrogen) atoms. The van der Waals surface area contributed by atoms with Crippen molar-refractivity contribution in [3.63, 3.8) is 0 Å². The Balaban J connectivity index is 1.59. The minimum atomic E-state index is -0.451. The number of anilines is 1. The van der Waals surface area contributed by atoms with Crippen LogP contribution in [0, 0.1) is 0 Å². The molecule has 1 atom stereocenters. The van der Waals surface area contributed by atoms with Crippen LogP contribution in [0.1, 0.15) is 55.9 Å². The summed E-state index contributed by atoms with van der Waals surface area (Å²) in [7, 11) is 0. The second-order valence-electron chi connectivity index (χ2n) is 7.91. The standard InChI is InChI=1S/C24H25N3O3S/c1-15(28)17-11-13-18(14-12-17)25-22(29)16(2)31-24-26-21-10-6-5-9-20(21)23(30)27(24)19-7-3-4-8-19/h5-6,9-14,16,19H,3-4,7-8H2,1-2H3,(H,25,29)/t16-/m1/s1. The molecule has 3 aromatic rings. The molecule has 0 bridgehead atoms. The summed E-state index contributed by atoms with van der Waals surface area (Å²) in [4.78, 5) is 42.2. The first-order valence-corrected chi connectivity index (χ1v) is 11.4. The van der Waals surface area contributed by atoms with Gasteiger partial charge in [0.05, 0.1) is 16.2 Å². The van der Waals surface area contributed by atoms with Gasteiger partial charge < -0.3 is 5.32 Å². The molecule has 4 rings (SSSR count). The minimum Gasteiger partial charge on any atom is -0.325 e. The lowest BCUT2D eigenvalue weighted by Crippen LogP contribution is -2.29. The summed E-state index contributed by atoms with van der Waals surface area (Å²) in [5, 5.41) is 3.63. The van der Waals surface area contributed by atoms with E-state index in [1.165, 1.54) is 18.7 Å². The molecule has 0 saturated heterocycles. The number of Topliss-reactive ketones (excluding diaryl/α,β-unsaturated/α-hetero) is 1. The zero-order chi connectivity index (χ0) is 22.0. The van der Waals surface area contributed by atoms with Crippen molar-refractivity contribution in [2.75, 3.05) is 5.32 Å². The molecular formula is C24H25N3O3S. The second kappa shape index (κ2) is 9.06. The number of aromatic nitrogens is 2. The van der Waals surface area contributed by atoms with Crippen molar-refractivity contribution < 1.29 is 9.59 Å². The highest BCUT2D eigenvalue weighted by molar-refractivity contribution is 8.00. The van der Waals surface area contributed by atoms with E-state index in [0.29, 0.717) is 27.3 Å². The number of fused-ring (bicyclic) bond motifs is 1. The maximum Gasteiger partial charge on any atom is 0.262 e. The first kappa shape index (κ1) is 21.3. The average molecular weight is 436 g/mol. The Morgan fingerprint density at radius 1 is 1.10 bits per heavy atom. The van der Waals surface area contributed by atoms with Gasteiger partial charge in [-0.2, -0.15) is 0 Å². The van der Waals surface area contributed by atoms with Crippen LogP contribution in [0.4, 0.5) is 5.69 Å². The number of rotatable bonds is 6. The van der Waals surface area contributed by atoms with Crippen LogP contribution in [0.3, 0.4) is 0 Å². The van der Waals surface area contributed by atoms with E-state index < -0.39 is 5.25 Å². The van der Waals surface area contributed by atoms with Gasteiger partial charge in [0.25, 0.3) is 5.56 Å². The third kappa shape index (κ3) is 4.56. The summed E-state index contributed by atoms with van der Waals surface area (Å²) in [6.45, 7) is 3.32. The number of hydrogen-bond acceptors (Lipinski definition) is 5. The van der Waals surface area contributed by atoms with Gasteiger partial charge in [-0.25, -0.2) is 4.98 Å². The van der Waals surface area contributed by atoms with Crippen LogP contribution in [-0.4, -0.2) is 26.5 Å². The molecule has 1 aliphatic rings. The lowest BCUT2D eigenvalue weighted by Gasteiger charge is -2.20. The molecule has 6 nitrogen and oxygen atoms in total. The fraction of sp³-hybridized carbons (Fsp3) is 0.333. The Morgan fingerprint density at radius 2 is 1.77 bits per heavy atom. The van der Waals surface area contributed by atoms with Gasteiger partial charge in [-0.1, -0.05) is 36.7 Å². The fourth-order valence-corrected chi connectivity index (χ4v) is 4.92. The molecule has 0 unspecified atom stereocenters. The molecule has 0 aliphatic heterocycles. The van der Waals surface area contributed by atoms with E-state index >= 15 is 0 Å². The smallest absolute Gasteiger partial charge is 0.262 e. The van der Waals surface area contributed by atoms with Gasteiger partial charge in [0.2, 0.25) is 5.91 Å². The molecule has 7 heteroatoms. The quantitative estimate of drug-likeness (QED) is 0.341. The first-order valence-electron chi connectivity index (χ1n) is 10.5. The zero-order valence-electron chi connectivity index (χ0n) is 17.6. The van der Waals surface area contributed by atoms with E-state index in [1.807, 2.05) is 31.2 Å². The highest BCUT2D eigenvalue weighted by Gasteiger charge is 2.25. The number of carbonyl (C=O) groups excluding carboxylic acids is 2. The van der Waals surface area contributed by atoms with Crippen molar-refractivity contribution in [1.29, 1.82) is 0 Å². The van der Waals surface area contributed by atoms with Crippen molar-refractivity contribution >= 4 is 40.0 Å². The molecule has 0 radical (unpaired) electrons. The van der Waals surface area contributed by atoms with Gasteiger partial charge >= 0.3 is 0 Å². The summed E-state index contributed by atoms with van der Waals surface area (Å²) in [6, 6.07) is 14.3. The van der Waals surface area contributed by atoms with Crippen LogP contribution >= 0.6 is 11.8 Å². The average Bonchev–Trinajstić information content (AvgIpc) is 3.28. The number of para-hydroxylation sites is 1. The predicted octanol–water partition coefficient (Wildman–Crippen LogP) is 4.83. The lowest BCUT2D eigenvalue weighted by molar-refractivity contribution is -0.115. The molecular weight excluding hydrogens is 410 g/mol. The van der Waals surface area contributed by atoms with E-state index in [0.717, 1.165) is 25.7 Å². The van der Waals surface area contributed by atoms with Crippen LogP contribution in [0.2, 0.25) is 0 Å². The number of thioether (sulfide) groups is 1. The van der Waals surface area contributed by atoms with Gasteiger partial charge in [-0.3, -0.25) is 19.0 Å². The van der Waals surface area contributed by atoms with Crippen LogP contribution in [0.5, 0.6) is 0 Å². The van der Waals surface area contributed by atoms with E-state index in [4.69, 9.17) is 4.98 Å². The SMILES string of the molecule is CC(=O)c1ccc(NC(=O)[C@@H](C)Sc2nc3ccccc3c(=O)n2C2CCCC2)cc1. The van der Waals surface area contributed by atoms with E-state index in [9.17, 15) is 14.4 Å². The Morgan fingerprint density at radius 3 is 2.45 bits per heavy atom. The predicted molar refractivity (Wildman–Crippen MR) is 124 cm³/mol. The van der Waals surface area contributed by atoms with Crippen molar-refractivity contribution in [1.82, 2.24) is 9.55 Å². The largest absolute Gasteiger partial charge is 0.325 e. The number of nitrogens with one attached hydrogen (secondary N) is 1. The van der Waals surface area contributed by atoms with Crippen LogP contribution in [0.25, 0.3) is 10.9 Å². The number of hydrogen-bond donors (Lipinski definition) is 1. The van der Waals surface area contributed by atoms with Crippen molar-refractivity contribution in [3.8, 4) is 0 Å². The molecule has 1 saturated carbocycles. The van der Waals surface area contributed by atoms with Crippen molar-refractivity contribution in [3.05, 3.63) is 64.4 Å². The van der Waals surface area contributed by atoms with Gasteiger partial charge in [-0.15, -0.1) is 0 Å². The topological polar surface area (TPSA) is 81.1 Å². The Labute approximate surface area is 185 Å². The van der Waals surface area contributed by atoms with E-state index in [1.54, 1.807) is 28.8 Å². The van der Waals surface area contributed by atoms with Gasteiger partial charge in [-0.05, 0) is 63.1 Å². The highest BCUT2D eigenvalue weighted by atomic mass is 32.2. The molecule has 2 aromatic carbocycles. The number of carbonyl (C=O) groups is 2. The monoisotopic (exact) mass is 435 g/mol. The minimum absolute atomic E-state index is 0.0194. The molecule has 1 amide bonds. The molecule has 1 N–H and O–H groups in total. The lowest BCUT2D eigenvalue weighted by atomic mass is 10.1. The Kier molecular flexibility index (Phi) is 6.23. The number of ketones is 1. The normalized spacial score (nSPS) is 15.2. The Hall–Kier alpha value is -2.93. The maximum absolute atomic E-state index is 13.2. The third-order valence-electron chi connectivity index (χ3n) is 5.68. The molecule has 160 valence electrons. The zero-order valence-corrected chi connectivity index (χ0v) is 18.4. The summed E-state index contributed by atoms with van der Waals surface area (Å²) in [5.74, 6) is -0.199. The third-order valence-corrected chi connectivity index (χ3v) is 6.74. The Bertz CT molecular complexity index is 1180. The van der Waals surface area contributed by atoms with E-state index in [-0.39, 0.29) is 23.3 Å². The molecule has 1 aliphatic carbocycles. The highest BCUT2D eigenvalue weighted by Crippen LogP contribution is 2.33. The molecule has 1 aromatic heterocycles. The van der Waals surface area contributed by atoms with Gasteiger partial charge in [0, 0.05) is 17.3 Å².